The molecule has 3 fully saturated rings. The van der Waals surface area contributed by atoms with Gasteiger partial charge in [-0.05, 0) is 36.7 Å². The van der Waals surface area contributed by atoms with Gasteiger partial charge in [0, 0.05) is 12.5 Å². The molecule has 1 aromatic rings. The van der Waals surface area contributed by atoms with Crippen LogP contribution in [-0.2, 0) is 20.8 Å². The number of allylic oxidation sites excluding steroid dienone is 2. The third kappa shape index (κ3) is 3.21. The highest BCUT2D eigenvalue weighted by Gasteiger charge is 2.61. The number of likely N-dealkylation sites (tertiary alicyclic amines) is 1. The lowest BCUT2D eigenvalue weighted by Crippen LogP contribution is -2.53. The topological polar surface area (TPSA) is 66.5 Å². The Balaban J connectivity index is 1.41. The molecule has 4 aliphatic rings. The van der Waals surface area contributed by atoms with Gasteiger partial charge in [-0.2, -0.15) is 0 Å². The average Bonchev–Trinajstić information content (AvgIpc) is 3.42. The molecule has 1 heterocycles. The summed E-state index contributed by atoms with van der Waals surface area (Å²) >= 11 is 0. The van der Waals surface area contributed by atoms with Gasteiger partial charge in [0.1, 0.15) is 6.04 Å². The van der Waals surface area contributed by atoms with E-state index >= 15 is 0 Å². The minimum atomic E-state index is -0.760. The van der Waals surface area contributed by atoms with Gasteiger partial charge in [-0.1, -0.05) is 61.7 Å². The van der Waals surface area contributed by atoms with E-state index in [0.717, 1.165) is 37.7 Å². The Hall–Kier alpha value is -2.43. The average molecular weight is 392 g/mol. The fourth-order valence-corrected chi connectivity index (χ4v) is 5.92. The molecular formula is C24H28N2O3. The zero-order chi connectivity index (χ0) is 20.0. The van der Waals surface area contributed by atoms with Gasteiger partial charge in [0.25, 0.3) is 0 Å². The van der Waals surface area contributed by atoms with Crippen LogP contribution in [0.3, 0.4) is 0 Å². The van der Waals surface area contributed by atoms with Crippen LogP contribution in [0.5, 0.6) is 0 Å². The molecular weight excluding hydrogens is 364 g/mol. The van der Waals surface area contributed by atoms with Gasteiger partial charge in [0.15, 0.2) is 0 Å². The van der Waals surface area contributed by atoms with Gasteiger partial charge in [0.2, 0.25) is 17.7 Å². The van der Waals surface area contributed by atoms with Crippen LogP contribution in [0.4, 0.5) is 0 Å². The first kappa shape index (κ1) is 18.6. The van der Waals surface area contributed by atoms with E-state index in [2.05, 4.69) is 17.5 Å². The number of fused-ring (bicyclic) bond motifs is 5. The Labute approximate surface area is 171 Å². The molecule has 1 aliphatic heterocycles. The van der Waals surface area contributed by atoms with Crippen LogP contribution in [0.2, 0.25) is 0 Å². The van der Waals surface area contributed by atoms with Gasteiger partial charge in [-0.15, -0.1) is 0 Å². The van der Waals surface area contributed by atoms with E-state index in [-0.39, 0.29) is 47.4 Å². The number of nitrogens with zero attached hydrogens (tertiary/aromatic N) is 1. The third-order valence-electron chi connectivity index (χ3n) is 7.34. The molecule has 29 heavy (non-hydrogen) atoms. The monoisotopic (exact) mass is 392 g/mol. The number of hydrogen-bond donors (Lipinski definition) is 1. The summed E-state index contributed by atoms with van der Waals surface area (Å²) in [6, 6.07) is 9.09. The van der Waals surface area contributed by atoms with E-state index in [1.165, 1.54) is 11.3 Å². The first-order chi connectivity index (χ1) is 14.1. The molecule has 0 radical (unpaired) electrons. The number of rotatable bonds is 5. The molecule has 2 saturated carbocycles. The number of imide groups is 1. The van der Waals surface area contributed by atoms with Crippen molar-refractivity contribution in [3.63, 3.8) is 0 Å². The van der Waals surface area contributed by atoms with Gasteiger partial charge >= 0.3 is 0 Å². The fourth-order valence-electron chi connectivity index (χ4n) is 5.92. The summed E-state index contributed by atoms with van der Waals surface area (Å²) in [6.07, 6.45) is 10.9. The Morgan fingerprint density at radius 3 is 2.21 bits per heavy atom. The molecule has 5 nitrogen and oxygen atoms in total. The second kappa shape index (κ2) is 7.43. The van der Waals surface area contributed by atoms with Crippen LogP contribution in [-0.4, -0.2) is 34.7 Å². The summed E-state index contributed by atoms with van der Waals surface area (Å²) in [4.78, 5) is 41.3. The van der Waals surface area contributed by atoms with Crippen LogP contribution in [0.15, 0.2) is 42.5 Å². The van der Waals surface area contributed by atoms with Crippen molar-refractivity contribution >= 4 is 17.7 Å². The van der Waals surface area contributed by atoms with Crippen molar-refractivity contribution in [1.82, 2.24) is 10.2 Å². The summed E-state index contributed by atoms with van der Waals surface area (Å²) in [5.41, 5.74) is 0.968. The van der Waals surface area contributed by atoms with Crippen molar-refractivity contribution in [1.29, 1.82) is 0 Å². The van der Waals surface area contributed by atoms with Gasteiger partial charge in [-0.25, -0.2) is 0 Å². The summed E-state index contributed by atoms with van der Waals surface area (Å²) in [5, 5.41) is 3.16. The molecule has 0 aromatic heterocycles. The molecule has 2 bridgehead atoms. The third-order valence-corrected chi connectivity index (χ3v) is 7.34. The second-order valence-corrected chi connectivity index (χ2v) is 9.10. The first-order valence-electron chi connectivity index (χ1n) is 11.0. The largest absolute Gasteiger partial charge is 0.352 e. The van der Waals surface area contributed by atoms with E-state index in [9.17, 15) is 14.4 Å². The van der Waals surface area contributed by atoms with Crippen molar-refractivity contribution in [2.45, 2.75) is 57.0 Å². The highest BCUT2D eigenvalue weighted by Crippen LogP contribution is 2.53. The SMILES string of the molecule is O=C(NC1CCCCC1)[C@H](Cc1ccccc1)N1C(=O)[C@@H]2[C@H](C1=O)[C@H]1C=C[C@@H]2C1. The maximum absolute atomic E-state index is 13.3. The zero-order valence-electron chi connectivity index (χ0n) is 16.6. The van der Waals surface area contributed by atoms with Crippen molar-refractivity contribution < 1.29 is 14.4 Å². The predicted molar refractivity (Wildman–Crippen MR) is 109 cm³/mol. The smallest absolute Gasteiger partial charge is 0.243 e. The second-order valence-electron chi connectivity index (χ2n) is 9.10. The lowest BCUT2D eigenvalue weighted by Gasteiger charge is -2.30. The molecule has 5 rings (SSSR count). The summed E-state index contributed by atoms with van der Waals surface area (Å²) < 4.78 is 0. The van der Waals surface area contributed by atoms with Crippen LogP contribution in [0.1, 0.15) is 44.1 Å². The molecule has 3 aliphatic carbocycles. The van der Waals surface area contributed by atoms with Gasteiger partial charge < -0.3 is 5.32 Å². The van der Waals surface area contributed by atoms with Crippen molar-refractivity contribution in [2.24, 2.45) is 23.7 Å². The highest BCUT2D eigenvalue weighted by molar-refractivity contribution is 6.09. The lowest BCUT2D eigenvalue weighted by molar-refractivity contribution is -0.148. The molecule has 1 N–H and O–H groups in total. The quantitative estimate of drug-likeness (QED) is 0.619. The zero-order valence-corrected chi connectivity index (χ0v) is 16.6. The number of carbonyl (C=O) groups is 3. The minimum Gasteiger partial charge on any atom is -0.352 e. The number of amides is 3. The van der Waals surface area contributed by atoms with E-state index in [4.69, 9.17) is 0 Å². The molecule has 0 spiro atoms. The van der Waals surface area contributed by atoms with Gasteiger partial charge in [0.05, 0.1) is 11.8 Å². The Morgan fingerprint density at radius 1 is 0.966 bits per heavy atom. The summed E-state index contributed by atoms with van der Waals surface area (Å²) in [6.45, 7) is 0. The first-order valence-corrected chi connectivity index (χ1v) is 11.0. The normalized spacial score (nSPS) is 31.9. The number of hydrogen-bond acceptors (Lipinski definition) is 3. The summed E-state index contributed by atoms with van der Waals surface area (Å²) in [5.74, 6) is -0.678. The Bertz CT molecular complexity index is 813. The molecule has 1 saturated heterocycles. The van der Waals surface area contributed by atoms with Crippen molar-refractivity contribution in [3.05, 3.63) is 48.0 Å². The predicted octanol–water partition coefficient (Wildman–Crippen LogP) is 2.85. The standard InChI is InChI=1S/C24H28N2O3/c27-22(25-18-9-5-2-6-10-18)19(13-15-7-3-1-4-8-15)26-23(28)20-16-11-12-17(14-16)21(20)24(26)29/h1,3-4,7-8,11-12,16-21H,2,5-6,9-10,13-14H2,(H,25,27)/t16-,17+,19-,20+,21-/m0/s1. The number of benzene rings is 1. The van der Waals surface area contributed by atoms with Gasteiger partial charge in [-0.3, -0.25) is 19.3 Å². The highest BCUT2D eigenvalue weighted by atomic mass is 16.2. The van der Waals surface area contributed by atoms with E-state index in [1.54, 1.807) is 0 Å². The summed E-state index contributed by atoms with van der Waals surface area (Å²) in [7, 11) is 0. The number of nitrogens with one attached hydrogen (secondary N) is 1. The van der Waals surface area contributed by atoms with E-state index in [0.29, 0.717) is 6.42 Å². The van der Waals surface area contributed by atoms with Crippen LogP contribution >= 0.6 is 0 Å². The Kier molecular flexibility index (Phi) is 4.76. The van der Waals surface area contributed by atoms with Crippen LogP contribution in [0.25, 0.3) is 0 Å². The van der Waals surface area contributed by atoms with E-state index < -0.39 is 6.04 Å². The molecule has 3 amide bonds. The van der Waals surface area contributed by atoms with E-state index in [1.807, 2.05) is 30.3 Å². The Morgan fingerprint density at radius 2 is 1.59 bits per heavy atom. The molecule has 0 unspecified atom stereocenters. The lowest BCUT2D eigenvalue weighted by atomic mass is 9.85. The number of carbonyl (C=O) groups excluding carboxylic acids is 3. The van der Waals surface area contributed by atoms with Crippen molar-refractivity contribution in [2.75, 3.05) is 0 Å². The van der Waals surface area contributed by atoms with Crippen molar-refractivity contribution in [3.8, 4) is 0 Å². The molecule has 5 heteroatoms. The van der Waals surface area contributed by atoms with Crippen LogP contribution < -0.4 is 5.32 Å². The maximum Gasteiger partial charge on any atom is 0.243 e. The molecule has 1 aromatic carbocycles. The molecule has 152 valence electrons. The minimum absolute atomic E-state index is 0.142. The fraction of sp³-hybridized carbons (Fsp3) is 0.542. The van der Waals surface area contributed by atoms with Crippen LogP contribution in [0, 0.1) is 23.7 Å². The molecule has 5 atom stereocenters. The maximum atomic E-state index is 13.3.